The van der Waals surface area contributed by atoms with E-state index < -0.39 is 0 Å². The lowest BCUT2D eigenvalue weighted by Gasteiger charge is -2.07. The SMILES string of the molecule is CCOCCn1c(Cl)c(/C=N/NC(=O)c2ccc(-c3ccccc3)s2)c2cc(OC)ccc21. The van der Waals surface area contributed by atoms with Gasteiger partial charge in [0.05, 0.1) is 30.3 Å². The Bertz CT molecular complexity index is 1280. The second kappa shape index (κ2) is 10.7. The Balaban J connectivity index is 1.55. The van der Waals surface area contributed by atoms with Crippen molar-refractivity contribution < 1.29 is 14.3 Å². The van der Waals surface area contributed by atoms with Gasteiger partial charge in [0.2, 0.25) is 0 Å². The number of fused-ring (bicyclic) bond motifs is 1. The molecule has 0 aliphatic heterocycles. The molecule has 8 heteroatoms. The van der Waals surface area contributed by atoms with Gasteiger partial charge in [0.1, 0.15) is 10.9 Å². The highest BCUT2D eigenvalue weighted by Crippen LogP contribution is 2.32. The lowest BCUT2D eigenvalue weighted by atomic mass is 10.2. The van der Waals surface area contributed by atoms with Crippen molar-refractivity contribution in [1.29, 1.82) is 0 Å². The van der Waals surface area contributed by atoms with Crippen molar-refractivity contribution in [2.24, 2.45) is 5.10 Å². The number of carbonyl (C=O) groups is 1. The van der Waals surface area contributed by atoms with Gasteiger partial charge in [-0.05, 0) is 42.8 Å². The smallest absolute Gasteiger partial charge is 0.281 e. The van der Waals surface area contributed by atoms with Gasteiger partial charge in [-0.1, -0.05) is 41.9 Å². The van der Waals surface area contributed by atoms with Crippen LogP contribution in [0.1, 0.15) is 22.2 Å². The highest BCUT2D eigenvalue weighted by atomic mass is 35.5. The maximum absolute atomic E-state index is 12.6. The molecule has 0 aliphatic rings. The van der Waals surface area contributed by atoms with Crippen LogP contribution in [0, 0.1) is 0 Å². The summed E-state index contributed by atoms with van der Waals surface area (Å²) in [5, 5.41) is 5.60. The number of carbonyl (C=O) groups excluding carboxylic acids is 1. The summed E-state index contributed by atoms with van der Waals surface area (Å²) < 4.78 is 12.8. The summed E-state index contributed by atoms with van der Waals surface area (Å²) in [6.45, 7) is 3.74. The Morgan fingerprint density at radius 1 is 1.18 bits per heavy atom. The van der Waals surface area contributed by atoms with Crippen molar-refractivity contribution >= 4 is 46.0 Å². The van der Waals surface area contributed by atoms with Crippen LogP contribution in [0.5, 0.6) is 5.75 Å². The van der Waals surface area contributed by atoms with Crippen LogP contribution in [-0.4, -0.2) is 37.0 Å². The minimum atomic E-state index is -0.271. The summed E-state index contributed by atoms with van der Waals surface area (Å²) in [5.74, 6) is 0.444. The standard InChI is InChI=1S/C25H24ClN3O3S/c1-3-32-14-13-29-21-10-9-18(31-2)15-19(21)20(24(29)26)16-27-28-25(30)23-12-11-22(33-23)17-7-5-4-6-8-17/h4-12,15-16H,3,13-14H2,1-2H3,(H,28,30)/b27-16+. The molecule has 0 fully saturated rings. The number of hydrogen-bond acceptors (Lipinski definition) is 5. The minimum Gasteiger partial charge on any atom is -0.497 e. The Labute approximate surface area is 201 Å². The van der Waals surface area contributed by atoms with Crippen LogP contribution < -0.4 is 10.2 Å². The maximum Gasteiger partial charge on any atom is 0.281 e. The third-order valence-electron chi connectivity index (χ3n) is 5.16. The lowest BCUT2D eigenvalue weighted by molar-refractivity contribution is 0.0959. The minimum absolute atomic E-state index is 0.271. The topological polar surface area (TPSA) is 64.8 Å². The predicted molar refractivity (Wildman–Crippen MR) is 135 cm³/mol. The summed E-state index contributed by atoms with van der Waals surface area (Å²) in [5.41, 5.74) is 5.34. The Morgan fingerprint density at radius 3 is 2.76 bits per heavy atom. The largest absolute Gasteiger partial charge is 0.497 e. The molecule has 4 rings (SSSR count). The van der Waals surface area contributed by atoms with E-state index in [9.17, 15) is 4.79 Å². The van der Waals surface area contributed by atoms with E-state index in [0.717, 1.165) is 21.3 Å². The predicted octanol–water partition coefficient (Wildman–Crippen LogP) is 5.83. The van der Waals surface area contributed by atoms with E-state index in [2.05, 4.69) is 10.5 Å². The van der Waals surface area contributed by atoms with Crippen molar-refractivity contribution in [3.05, 3.63) is 76.3 Å². The number of amides is 1. The fourth-order valence-electron chi connectivity index (χ4n) is 3.53. The number of rotatable bonds is 9. The molecular weight excluding hydrogens is 458 g/mol. The molecule has 170 valence electrons. The highest BCUT2D eigenvalue weighted by Gasteiger charge is 2.16. The van der Waals surface area contributed by atoms with Crippen LogP contribution in [-0.2, 0) is 11.3 Å². The first-order valence-electron chi connectivity index (χ1n) is 10.5. The van der Waals surface area contributed by atoms with Gasteiger partial charge in [-0.3, -0.25) is 4.79 Å². The van der Waals surface area contributed by atoms with Crippen LogP contribution in [0.3, 0.4) is 0 Å². The van der Waals surface area contributed by atoms with Gasteiger partial charge in [-0.15, -0.1) is 11.3 Å². The molecule has 0 aliphatic carbocycles. The molecule has 0 unspecified atom stereocenters. The number of nitrogens with one attached hydrogen (secondary N) is 1. The summed E-state index contributed by atoms with van der Waals surface area (Å²) in [4.78, 5) is 14.2. The Kier molecular flexibility index (Phi) is 7.44. The normalized spacial score (nSPS) is 11.4. The van der Waals surface area contributed by atoms with Gasteiger partial charge in [0.25, 0.3) is 5.91 Å². The molecule has 0 bridgehead atoms. The lowest BCUT2D eigenvalue weighted by Crippen LogP contribution is -2.16. The fraction of sp³-hybridized carbons (Fsp3) is 0.200. The van der Waals surface area contributed by atoms with E-state index in [-0.39, 0.29) is 5.91 Å². The Morgan fingerprint density at radius 2 is 2.00 bits per heavy atom. The zero-order valence-electron chi connectivity index (χ0n) is 18.4. The van der Waals surface area contributed by atoms with E-state index in [1.807, 2.05) is 66.1 Å². The molecule has 4 aromatic rings. The van der Waals surface area contributed by atoms with E-state index in [1.165, 1.54) is 11.3 Å². The van der Waals surface area contributed by atoms with Crippen LogP contribution in [0.2, 0.25) is 5.15 Å². The average molecular weight is 482 g/mol. The van der Waals surface area contributed by atoms with Crippen molar-refractivity contribution in [2.75, 3.05) is 20.3 Å². The molecule has 0 saturated heterocycles. The summed E-state index contributed by atoms with van der Waals surface area (Å²) >= 11 is 8.11. The van der Waals surface area contributed by atoms with E-state index in [0.29, 0.717) is 41.1 Å². The number of halogens is 1. The van der Waals surface area contributed by atoms with Crippen molar-refractivity contribution in [3.8, 4) is 16.2 Å². The fourth-order valence-corrected chi connectivity index (χ4v) is 4.75. The Hall–Kier alpha value is -3.13. The number of hydrogen-bond donors (Lipinski definition) is 1. The molecule has 6 nitrogen and oxygen atoms in total. The second-order valence-corrected chi connectivity index (χ2v) is 8.61. The molecule has 2 aromatic carbocycles. The van der Waals surface area contributed by atoms with Gasteiger partial charge in [0, 0.05) is 29.0 Å². The van der Waals surface area contributed by atoms with E-state index in [4.69, 9.17) is 21.1 Å². The number of nitrogens with zero attached hydrogens (tertiary/aromatic N) is 2. The van der Waals surface area contributed by atoms with Gasteiger partial charge in [-0.25, -0.2) is 5.43 Å². The molecular formula is C25H24ClN3O3S. The molecule has 0 saturated carbocycles. The van der Waals surface area contributed by atoms with Crippen molar-refractivity contribution in [1.82, 2.24) is 9.99 Å². The summed E-state index contributed by atoms with van der Waals surface area (Å²) in [6, 6.07) is 19.4. The molecule has 1 amide bonds. The molecule has 0 spiro atoms. The molecule has 2 aromatic heterocycles. The average Bonchev–Trinajstić information content (AvgIpc) is 3.44. The number of ether oxygens (including phenoxy) is 2. The number of aromatic nitrogens is 1. The molecule has 0 radical (unpaired) electrons. The third-order valence-corrected chi connectivity index (χ3v) is 6.70. The van der Waals surface area contributed by atoms with Crippen LogP contribution in [0.4, 0.5) is 0 Å². The first kappa shape index (κ1) is 23.0. The quantitative estimate of drug-likeness (QED) is 0.186. The second-order valence-electron chi connectivity index (χ2n) is 7.17. The van der Waals surface area contributed by atoms with Gasteiger partial charge >= 0.3 is 0 Å². The molecule has 1 N–H and O–H groups in total. The van der Waals surface area contributed by atoms with Gasteiger partial charge in [0.15, 0.2) is 0 Å². The summed E-state index contributed by atoms with van der Waals surface area (Å²) in [7, 11) is 1.62. The van der Waals surface area contributed by atoms with Crippen LogP contribution in [0.15, 0.2) is 65.8 Å². The van der Waals surface area contributed by atoms with Gasteiger partial charge in [-0.2, -0.15) is 5.10 Å². The third kappa shape index (κ3) is 5.11. The summed E-state index contributed by atoms with van der Waals surface area (Å²) in [6.07, 6.45) is 1.57. The van der Waals surface area contributed by atoms with E-state index >= 15 is 0 Å². The van der Waals surface area contributed by atoms with Crippen LogP contribution >= 0.6 is 22.9 Å². The number of thiophene rings is 1. The number of benzene rings is 2. The zero-order chi connectivity index (χ0) is 23.2. The molecule has 2 heterocycles. The van der Waals surface area contributed by atoms with E-state index in [1.54, 1.807) is 19.4 Å². The van der Waals surface area contributed by atoms with Crippen LogP contribution in [0.25, 0.3) is 21.3 Å². The first-order chi connectivity index (χ1) is 16.1. The highest BCUT2D eigenvalue weighted by molar-refractivity contribution is 7.17. The first-order valence-corrected chi connectivity index (χ1v) is 11.7. The monoisotopic (exact) mass is 481 g/mol. The molecule has 33 heavy (non-hydrogen) atoms. The number of hydrazone groups is 1. The van der Waals surface area contributed by atoms with Crippen molar-refractivity contribution in [3.63, 3.8) is 0 Å². The van der Waals surface area contributed by atoms with Gasteiger partial charge < -0.3 is 14.0 Å². The van der Waals surface area contributed by atoms with Crippen molar-refractivity contribution in [2.45, 2.75) is 13.5 Å². The number of methoxy groups -OCH3 is 1. The zero-order valence-corrected chi connectivity index (χ0v) is 19.9. The maximum atomic E-state index is 12.6. The molecule has 0 atom stereocenters.